The van der Waals surface area contributed by atoms with Gasteiger partial charge in [0.2, 0.25) is 0 Å². The van der Waals surface area contributed by atoms with Crippen LogP contribution < -0.4 is 9.47 Å². The Bertz CT molecular complexity index is 287. The lowest BCUT2D eigenvalue weighted by Gasteiger charge is -2.10. The van der Waals surface area contributed by atoms with Crippen molar-refractivity contribution < 1.29 is 9.47 Å². The second kappa shape index (κ2) is 5.76. The van der Waals surface area contributed by atoms with Crippen LogP contribution in [0, 0.1) is 0 Å². The van der Waals surface area contributed by atoms with Crippen LogP contribution >= 0.6 is 11.6 Å². The van der Waals surface area contributed by atoms with Gasteiger partial charge in [-0.15, -0.1) is 11.6 Å². The molecule has 1 rings (SSSR count). The number of hydrogen-bond acceptors (Lipinski definition) is 2. The molecule has 0 bridgehead atoms. The van der Waals surface area contributed by atoms with E-state index >= 15 is 0 Å². The van der Waals surface area contributed by atoms with Crippen molar-refractivity contribution in [2.24, 2.45) is 0 Å². The van der Waals surface area contributed by atoms with Crippen LogP contribution in [0.25, 0.3) is 0 Å². The van der Waals surface area contributed by atoms with Crippen molar-refractivity contribution in [3.05, 3.63) is 23.8 Å². The fraction of sp³-hybridized carbons (Fsp3) is 0.455. The maximum absolute atomic E-state index is 5.80. The molecule has 78 valence electrons. The lowest BCUT2D eigenvalue weighted by Crippen LogP contribution is -1.98. The largest absolute Gasteiger partial charge is 0.497 e. The van der Waals surface area contributed by atoms with E-state index in [0.29, 0.717) is 5.88 Å². The van der Waals surface area contributed by atoms with Gasteiger partial charge in [0.15, 0.2) is 0 Å². The third-order valence-corrected chi connectivity index (χ3v) is 2.16. The minimum atomic E-state index is 0.441. The summed E-state index contributed by atoms with van der Waals surface area (Å²) in [6.45, 7) is 2.79. The van der Waals surface area contributed by atoms with Crippen LogP contribution in [-0.2, 0) is 5.88 Å². The third-order valence-electron chi connectivity index (χ3n) is 1.87. The summed E-state index contributed by atoms with van der Waals surface area (Å²) >= 11 is 5.80. The van der Waals surface area contributed by atoms with Crippen LogP contribution in [0.1, 0.15) is 18.9 Å². The van der Waals surface area contributed by atoms with E-state index in [1.807, 2.05) is 18.2 Å². The van der Waals surface area contributed by atoms with Gasteiger partial charge in [-0.3, -0.25) is 0 Å². The fourth-order valence-corrected chi connectivity index (χ4v) is 1.35. The van der Waals surface area contributed by atoms with E-state index in [2.05, 4.69) is 6.92 Å². The number of alkyl halides is 1. The highest BCUT2D eigenvalue weighted by molar-refractivity contribution is 6.17. The number of hydrogen-bond donors (Lipinski definition) is 0. The molecule has 0 fully saturated rings. The normalized spacial score (nSPS) is 9.93. The van der Waals surface area contributed by atoms with Crippen molar-refractivity contribution in [1.82, 2.24) is 0 Å². The van der Waals surface area contributed by atoms with Crippen molar-refractivity contribution in [2.75, 3.05) is 13.7 Å². The van der Waals surface area contributed by atoms with E-state index in [-0.39, 0.29) is 0 Å². The minimum absolute atomic E-state index is 0.441. The van der Waals surface area contributed by atoms with Gasteiger partial charge in [-0.05, 0) is 24.6 Å². The summed E-state index contributed by atoms with van der Waals surface area (Å²) < 4.78 is 10.6. The molecule has 0 aromatic heterocycles. The van der Waals surface area contributed by atoms with Crippen LogP contribution in [0.4, 0.5) is 0 Å². The Kier molecular flexibility index (Phi) is 4.60. The van der Waals surface area contributed by atoms with E-state index in [0.717, 1.165) is 30.1 Å². The SMILES string of the molecule is CCCOc1ccc(OC)cc1CCl. The Morgan fingerprint density at radius 2 is 2.14 bits per heavy atom. The summed E-state index contributed by atoms with van der Waals surface area (Å²) in [6, 6.07) is 5.67. The summed E-state index contributed by atoms with van der Waals surface area (Å²) in [5, 5.41) is 0. The standard InChI is InChI=1S/C11H15ClO2/c1-3-6-14-11-5-4-10(13-2)7-9(11)8-12/h4-5,7H,3,6,8H2,1-2H3. The van der Waals surface area contributed by atoms with Gasteiger partial charge in [0.05, 0.1) is 19.6 Å². The maximum atomic E-state index is 5.80. The van der Waals surface area contributed by atoms with E-state index in [4.69, 9.17) is 21.1 Å². The van der Waals surface area contributed by atoms with Crippen molar-refractivity contribution in [1.29, 1.82) is 0 Å². The van der Waals surface area contributed by atoms with Crippen LogP contribution in [-0.4, -0.2) is 13.7 Å². The Balaban J connectivity index is 2.82. The first-order chi connectivity index (χ1) is 6.81. The van der Waals surface area contributed by atoms with Gasteiger partial charge >= 0.3 is 0 Å². The molecule has 3 heteroatoms. The third kappa shape index (κ3) is 2.81. The van der Waals surface area contributed by atoms with Crippen LogP contribution in [0.2, 0.25) is 0 Å². The Hall–Kier alpha value is -0.890. The molecule has 0 spiro atoms. The molecule has 0 saturated heterocycles. The number of benzene rings is 1. The number of methoxy groups -OCH3 is 1. The van der Waals surface area contributed by atoms with Gasteiger partial charge in [0, 0.05) is 5.56 Å². The van der Waals surface area contributed by atoms with Crippen molar-refractivity contribution in [3.8, 4) is 11.5 Å². The molecule has 2 nitrogen and oxygen atoms in total. The van der Waals surface area contributed by atoms with E-state index in [9.17, 15) is 0 Å². The van der Waals surface area contributed by atoms with Gasteiger partial charge in [-0.25, -0.2) is 0 Å². The quantitative estimate of drug-likeness (QED) is 0.701. The van der Waals surface area contributed by atoms with Crippen LogP contribution in [0.15, 0.2) is 18.2 Å². The summed E-state index contributed by atoms with van der Waals surface area (Å²) in [5.74, 6) is 2.10. The predicted octanol–water partition coefficient (Wildman–Crippen LogP) is 3.22. The van der Waals surface area contributed by atoms with Gasteiger partial charge in [-0.1, -0.05) is 6.92 Å². The molecular weight excluding hydrogens is 200 g/mol. The van der Waals surface area contributed by atoms with Gasteiger partial charge in [-0.2, -0.15) is 0 Å². The average molecular weight is 215 g/mol. The second-order valence-electron chi connectivity index (χ2n) is 2.96. The summed E-state index contributed by atoms with van der Waals surface area (Å²) in [7, 11) is 1.64. The highest BCUT2D eigenvalue weighted by atomic mass is 35.5. The zero-order valence-corrected chi connectivity index (χ0v) is 9.30. The molecular formula is C11H15ClO2. The molecule has 0 aliphatic rings. The molecule has 0 aliphatic carbocycles. The van der Waals surface area contributed by atoms with Crippen LogP contribution in [0.3, 0.4) is 0 Å². The Morgan fingerprint density at radius 3 is 2.71 bits per heavy atom. The summed E-state index contributed by atoms with van der Waals surface area (Å²) in [5.41, 5.74) is 0.972. The van der Waals surface area contributed by atoms with Gasteiger partial charge in [0.1, 0.15) is 11.5 Å². The minimum Gasteiger partial charge on any atom is -0.497 e. The zero-order valence-electron chi connectivity index (χ0n) is 8.55. The Labute approximate surface area is 89.8 Å². The lowest BCUT2D eigenvalue weighted by molar-refractivity contribution is 0.314. The first-order valence-electron chi connectivity index (χ1n) is 4.67. The number of ether oxygens (including phenoxy) is 2. The van der Waals surface area contributed by atoms with Crippen LogP contribution in [0.5, 0.6) is 11.5 Å². The van der Waals surface area contributed by atoms with Crippen molar-refractivity contribution >= 4 is 11.6 Å². The predicted molar refractivity (Wildman–Crippen MR) is 58.3 cm³/mol. The molecule has 1 aromatic carbocycles. The highest BCUT2D eigenvalue weighted by Crippen LogP contribution is 2.25. The van der Waals surface area contributed by atoms with Crippen molar-refractivity contribution in [2.45, 2.75) is 19.2 Å². The molecule has 0 aliphatic heterocycles. The molecule has 0 N–H and O–H groups in total. The molecule has 0 atom stereocenters. The first kappa shape index (κ1) is 11.2. The molecule has 1 aromatic rings. The molecule has 0 heterocycles. The average Bonchev–Trinajstić information content (AvgIpc) is 2.26. The lowest BCUT2D eigenvalue weighted by atomic mass is 10.2. The molecule has 0 saturated carbocycles. The van der Waals surface area contributed by atoms with E-state index < -0.39 is 0 Å². The molecule has 14 heavy (non-hydrogen) atoms. The van der Waals surface area contributed by atoms with Crippen molar-refractivity contribution in [3.63, 3.8) is 0 Å². The number of halogens is 1. The summed E-state index contributed by atoms with van der Waals surface area (Å²) in [6.07, 6.45) is 0.994. The zero-order chi connectivity index (χ0) is 10.4. The summed E-state index contributed by atoms with van der Waals surface area (Å²) in [4.78, 5) is 0. The van der Waals surface area contributed by atoms with E-state index in [1.165, 1.54) is 0 Å². The first-order valence-corrected chi connectivity index (χ1v) is 5.21. The maximum Gasteiger partial charge on any atom is 0.123 e. The van der Waals surface area contributed by atoms with Gasteiger partial charge < -0.3 is 9.47 Å². The Morgan fingerprint density at radius 1 is 1.36 bits per heavy atom. The molecule has 0 radical (unpaired) electrons. The second-order valence-corrected chi connectivity index (χ2v) is 3.22. The topological polar surface area (TPSA) is 18.5 Å². The highest BCUT2D eigenvalue weighted by Gasteiger charge is 2.03. The fourth-order valence-electron chi connectivity index (χ4n) is 1.14. The monoisotopic (exact) mass is 214 g/mol. The van der Waals surface area contributed by atoms with Gasteiger partial charge in [0.25, 0.3) is 0 Å². The number of rotatable bonds is 5. The van der Waals surface area contributed by atoms with E-state index in [1.54, 1.807) is 7.11 Å². The molecule has 0 amide bonds. The molecule has 0 unspecified atom stereocenters. The smallest absolute Gasteiger partial charge is 0.123 e.